The Morgan fingerprint density at radius 3 is 2.55 bits per heavy atom. The van der Waals surface area contributed by atoms with Gasteiger partial charge in [0.2, 0.25) is 11.1 Å². The number of nitrogens with zero attached hydrogens (tertiary/aromatic N) is 4. The summed E-state index contributed by atoms with van der Waals surface area (Å²) < 4.78 is 6.73. The molecule has 1 heterocycles. The third-order valence-electron chi connectivity index (χ3n) is 4.79. The Kier molecular flexibility index (Phi) is 7.41. The summed E-state index contributed by atoms with van der Waals surface area (Å²) >= 11 is 1.22. The molecule has 0 aliphatic rings. The average molecular weight is 441 g/mol. The lowest BCUT2D eigenvalue weighted by Crippen LogP contribution is -2.30. The normalized spacial score (nSPS) is 10.9. The van der Waals surface area contributed by atoms with Crippen LogP contribution in [0.3, 0.4) is 0 Å². The Labute approximate surface area is 186 Å². The molecule has 0 fully saturated rings. The van der Waals surface area contributed by atoms with Gasteiger partial charge in [0, 0.05) is 24.0 Å². The molecule has 3 aromatic rings. The average Bonchev–Trinajstić information content (AvgIpc) is 3.13. The van der Waals surface area contributed by atoms with E-state index in [4.69, 9.17) is 10.6 Å². The third kappa shape index (κ3) is 5.29. The topological polar surface area (TPSA) is 98.3 Å². The van der Waals surface area contributed by atoms with Crippen molar-refractivity contribution in [3.63, 3.8) is 0 Å². The molecule has 2 aromatic carbocycles. The van der Waals surface area contributed by atoms with Gasteiger partial charge in [0.05, 0.1) is 18.4 Å². The van der Waals surface area contributed by atoms with E-state index in [1.807, 2.05) is 48.5 Å². The summed E-state index contributed by atoms with van der Waals surface area (Å²) in [4.78, 5) is 14.7. The summed E-state index contributed by atoms with van der Waals surface area (Å²) in [5.74, 6) is 7.30. The number of amides is 1. The quantitative estimate of drug-likeness (QED) is 0.387. The van der Waals surface area contributed by atoms with Crippen LogP contribution in [0, 0.1) is 0 Å². The van der Waals surface area contributed by atoms with E-state index in [-0.39, 0.29) is 11.7 Å². The first-order valence-corrected chi connectivity index (χ1v) is 11.1. The first kappa shape index (κ1) is 22.5. The second-order valence-electron chi connectivity index (χ2n) is 7.14. The molecule has 0 saturated heterocycles. The van der Waals surface area contributed by atoms with Crippen molar-refractivity contribution >= 4 is 29.0 Å². The smallest absolute Gasteiger partial charge is 0.234 e. The molecule has 3 rings (SSSR count). The van der Waals surface area contributed by atoms with Gasteiger partial charge in [-0.2, -0.15) is 0 Å². The summed E-state index contributed by atoms with van der Waals surface area (Å²) in [6.07, 6.45) is 0. The number of ether oxygens (including phenoxy) is 1. The van der Waals surface area contributed by atoms with Crippen LogP contribution in [-0.4, -0.2) is 46.2 Å². The molecule has 8 nitrogen and oxygen atoms in total. The number of hydrogen-bond acceptors (Lipinski definition) is 7. The lowest BCUT2D eigenvalue weighted by Gasteiger charge is -2.27. The van der Waals surface area contributed by atoms with Crippen molar-refractivity contribution in [2.24, 2.45) is 0 Å². The van der Waals surface area contributed by atoms with Gasteiger partial charge in [0.1, 0.15) is 5.75 Å². The number of para-hydroxylation sites is 1. The molecule has 0 unspecified atom stereocenters. The zero-order valence-electron chi connectivity index (χ0n) is 18.2. The summed E-state index contributed by atoms with van der Waals surface area (Å²) in [6.45, 7) is 7.37. The van der Waals surface area contributed by atoms with E-state index in [0.717, 1.165) is 23.5 Å². The number of thioether (sulfide) groups is 1. The molecule has 0 saturated carbocycles. The number of rotatable bonds is 9. The number of benzene rings is 2. The van der Waals surface area contributed by atoms with Crippen LogP contribution in [0.25, 0.3) is 11.4 Å². The summed E-state index contributed by atoms with van der Waals surface area (Å²) in [6, 6.07) is 15.7. The number of nitrogen functional groups attached to an aromatic ring is 1. The molecule has 31 heavy (non-hydrogen) atoms. The standard InChI is InChI=1S/C22H28N6O2S/c1-5-27(15(2)3)17-12-10-16(11-13-17)24-20(29)14-31-22-26-25-21(28(22)23)18-8-6-7-9-19(18)30-4/h6-13,15H,5,14,23H2,1-4H3,(H,24,29). The Morgan fingerprint density at radius 1 is 1.19 bits per heavy atom. The molecule has 0 aliphatic carbocycles. The van der Waals surface area contributed by atoms with E-state index in [0.29, 0.717) is 22.8 Å². The molecule has 0 radical (unpaired) electrons. The van der Waals surface area contributed by atoms with Crippen molar-refractivity contribution in [3.05, 3.63) is 48.5 Å². The van der Waals surface area contributed by atoms with Gasteiger partial charge in [0.25, 0.3) is 0 Å². The van der Waals surface area contributed by atoms with Crippen LogP contribution in [0.15, 0.2) is 53.7 Å². The summed E-state index contributed by atoms with van der Waals surface area (Å²) in [5.41, 5.74) is 2.61. The van der Waals surface area contributed by atoms with Gasteiger partial charge in [-0.25, -0.2) is 4.68 Å². The fourth-order valence-corrected chi connectivity index (χ4v) is 3.95. The maximum atomic E-state index is 12.4. The van der Waals surface area contributed by atoms with Crippen LogP contribution in [0.1, 0.15) is 20.8 Å². The van der Waals surface area contributed by atoms with Crippen molar-refractivity contribution in [2.75, 3.05) is 35.5 Å². The molecule has 0 bridgehead atoms. The first-order valence-electron chi connectivity index (χ1n) is 10.1. The molecule has 0 aliphatic heterocycles. The summed E-state index contributed by atoms with van der Waals surface area (Å²) in [5, 5.41) is 11.6. The van der Waals surface area contributed by atoms with Gasteiger partial charge in [-0.1, -0.05) is 23.9 Å². The van der Waals surface area contributed by atoms with Gasteiger partial charge in [-0.15, -0.1) is 10.2 Å². The molecule has 1 amide bonds. The number of aromatic nitrogens is 3. The fraction of sp³-hybridized carbons (Fsp3) is 0.318. The third-order valence-corrected chi connectivity index (χ3v) is 5.73. The number of hydrogen-bond donors (Lipinski definition) is 2. The number of nitrogens with two attached hydrogens (primary N) is 1. The number of carbonyl (C=O) groups is 1. The minimum Gasteiger partial charge on any atom is -0.496 e. The lowest BCUT2D eigenvalue weighted by molar-refractivity contribution is -0.113. The van der Waals surface area contributed by atoms with Crippen molar-refractivity contribution in [2.45, 2.75) is 32.0 Å². The Hall–Kier alpha value is -3.20. The molecular formula is C22H28N6O2S. The monoisotopic (exact) mass is 440 g/mol. The summed E-state index contributed by atoms with van der Waals surface area (Å²) in [7, 11) is 1.59. The Balaban J connectivity index is 1.61. The van der Waals surface area contributed by atoms with Crippen molar-refractivity contribution in [3.8, 4) is 17.1 Å². The first-order chi connectivity index (χ1) is 14.9. The Bertz CT molecular complexity index is 1020. The van der Waals surface area contributed by atoms with Crippen LogP contribution < -0.4 is 20.8 Å². The maximum absolute atomic E-state index is 12.4. The molecule has 0 atom stereocenters. The number of methoxy groups -OCH3 is 1. The fourth-order valence-electron chi connectivity index (χ4n) is 3.30. The van der Waals surface area contributed by atoms with Crippen molar-refractivity contribution in [1.29, 1.82) is 0 Å². The zero-order chi connectivity index (χ0) is 22.4. The van der Waals surface area contributed by atoms with Gasteiger partial charge < -0.3 is 20.8 Å². The van der Waals surface area contributed by atoms with Crippen LogP contribution >= 0.6 is 11.8 Å². The van der Waals surface area contributed by atoms with E-state index in [1.165, 1.54) is 16.4 Å². The molecule has 0 spiro atoms. The van der Waals surface area contributed by atoms with E-state index in [2.05, 4.69) is 41.2 Å². The minimum absolute atomic E-state index is 0.143. The molecule has 3 N–H and O–H groups in total. The highest BCUT2D eigenvalue weighted by Gasteiger charge is 2.17. The van der Waals surface area contributed by atoms with E-state index < -0.39 is 0 Å². The number of carbonyl (C=O) groups excluding carboxylic acids is 1. The molecular weight excluding hydrogens is 412 g/mol. The second kappa shape index (κ2) is 10.2. The largest absolute Gasteiger partial charge is 0.496 e. The molecule has 9 heteroatoms. The van der Waals surface area contributed by atoms with Crippen LogP contribution in [0.2, 0.25) is 0 Å². The SMILES string of the molecule is CCN(c1ccc(NC(=O)CSc2nnc(-c3ccccc3OC)n2N)cc1)C(C)C. The van der Waals surface area contributed by atoms with Gasteiger partial charge >= 0.3 is 0 Å². The van der Waals surface area contributed by atoms with Crippen LogP contribution in [0.5, 0.6) is 5.75 Å². The van der Waals surface area contributed by atoms with Gasteiger partial charge in [0.15, 0.2) is 5.82 Å². The number of nitrogens with one attached hydrogen (secondary N) is 1. The maximum Gasteiger partial charge on any atom is 0.234 e. The zero-order valence-corrected chi connectivity index (χ0v) is 19.0. The predicted molar refractivity (Wildman–Crippen MR) is 126 cm³/mol. The Morgan fingerprint density at radius 2 is 1.90 bits per heavy atom. The van der Waals surface area contributed by atoms with Gasteiger partial charge in [-0.3, -0.25) is 4.79 Å². The highest BCUT2D eigenvalue weighted by Crippen LogP contribution is 2.29. The van der Waals surface area contributed by atoms with Crippen molar-refractivity contribution in [1.82, 2.24) is 14.9 Å². The molecule has 1 aromatic heterocycles. The predicted octanol–water partition coefficient (Wildman–Crippen LogP) is 3.63. The van der Waals surface area contributed by atoms with Gasteiger partial charge in [-0.05, 0) is 57.2 Å². The minimum atomic E-state index is -0.143. The molecule has 164 valence electrons. The van der Waals surface area contributed by atoms with E-state index >= 15 is 0 Å². The second-order valence-corrected chi connectivity index (χ2v) is 8.08. The number of anilines is 2. The van der Waals surface area contributed by atoms with E-state index in [1.54, 1.807) is 7.11 Å². The van der Waals surface area contributed by atoms with Crippen molar-refractivity contribution < 1.29 is 9.53 Å². The van der Waals surface area contributed by atoms with E-state index in [9.17, 15) is 4.79 Å². The lowest BCUT2D eigenvalue weighted by atomic mass is 10.2. The van der Waals surface area contributed by atoms with Crippen LogP contribution in [0.4, 0.5) is 11.4 Å². The highest BCUT2D eigenvalue weighted by atomic mass is 32.2. The highest BCUT2D eigenvalue weighted by molar-refractivity contribution is 7.99. The van der Waals surface area contributed by atoms with Crippen LogP contribution in [-0.2, 0) is 4.79 Å².